The van der Waals surface area contributed by atoms with Gasteiger partial charge in [0.25, 0.3) is 5.56 Å². The molecule has 4 aromatic heterocycles. The number of rotatable bonds is 7. The summed E-state index contributed by atoms with van der Waals surface area (Å²) in [5.41, 5.74) is 1.02. The Hall–Kier alpha value is -3.30. The molecule has 0 amide bonds. The third kappa shape index (κ3) is 4.49. The van der Waals surface area contributed by atoms with Crippen molar-refractivity contribution >= 4 is 11.0 Å². The lowest BCUT2D eigenvalue weighted by atomic mass is 10.1. The minimum absolute atomic E-state index is 0.138. The van der Waals surface area contributed by atoms with Crippen LogP contribution in [0.3, 0.4) is 0 Å². The van der Waals surface area contributed by atoms with Gasteiger partial charge in [-0.3, -0.25) is 9.78 Å². The molecule has 0 aliphatic carbocycles. The molecule has 166 valence electrons. The summed E-state index contributed by atoms with van der Waals surface area (Å²) in [5.74, 6) is 1.49. The van der Waals surface area contributed by atoms with Crippen LogP contribution in [-0.2, 0) is 13.1 Å². The molecule has 5 heterocycles. The highest BCUT2D eigenvalue weighted by Gasteiger charge is 2.20. The Kier molecular flexibility index (Phi) is 5.83. The molecule has 8 nitrogen and oxygen atoms in total. The van der Waals surface area contributed by atoms with E-state index in [1.54, 1.807) is 23.1 Å². The fraction of sp³-hybridized carbons (Fsp3) is 0.348. The second kappa shape index (κ2) is 9.05. The summed E-state index contributed by atoms with van der Waals surface area (Å²) in [7, 11) is 0. The topological polar surface area (TPSA) is 89.3 Å². The van der Waals surface area contributed by atoms with Crippen LogP contribution in [0.5, 0.6) is 0 Å². The van der Waals surface area contributed by atoms with Crippen molar-refractivity contribution in [3.63, 3.8) is 0 Å². The molecule has 4 aromatic rings. The maximum absolute atomic E-state index is 13.6. The Labute approximate surface area is 183 Å². The third-order valence-electron chi connectivity index (χ3n) is 5.89. The number of nitrogens with one attached hydrogen (secondary N) is 1. The number of piperidine rings is 1. The molecule has 5 rings (SSSR count). The van der Waals surface area contributed by atoms with Crippen molar-refractivity contribution in [2.45, 2.75) is 32.0 Å². The molecule has 0 spiro atoms. The number of halogens is 1. The number of furan rings is 1. The molecule has 0 saturated carbocycles. The average Bonchev–Trinajstić information content (AvgIpc) is 3.50. The van der Waals surface area contributed by atoms with E-state index in [0.717, 1.165) is 32.5 Å². The van der Waals surface area contributed by atoms with E-state index in [9.17, 15) is 9.18 Å². The van der Waals surface area contributed by atoms with Gasteiger partial charge in [0.2, 0.25) is 5.89 Å². The van der Waals surface area contributed by atoms with Crippen LogP contribution in [0.15, 0.2) is 62.6 Å². The van der Waals surface area contributed by atoms with Gasteiger partial charge in [-0.25, -0.2) is 9.37 Å². The molecule has 1 aliphatic rings. The molecule has 1 saturated heterocycles. The number of pyridine rings is 2. The smallest absolute Gasteiger partial charge is 0.251 e. The first kappa shape index (κ1) is 20.6. The first-order chi connectivity index (χ1) is 15.7. The molecule has 0 unspecified atom stereocenters. The highest BCUT2D eigenvalue weighted by atomic mass is 19.1. The Bertz CT molecular complexity index is 1240. The van der Waals surface area contributed by atoms with E-state index in [1.807, 2.05) is 12.1 Å². The maximum atomic E-state index is 13.6. The first-order valence-electron chi connectivity index (χ1n) is 10.7. The highest BCUT2D eigenvalue weighted by molar-refractivity contribution is 5.74. The monoisotopic (exact) mass is 437 g/mol. The SMILES string of the molecule is O=c1ccc2ncc(F)cc2n1CCN1CCC(NCc2ncc(-c3ccco3)o2)CC1. The number of oxazole rings is 1. The van der Waals surface area contributed by atoms with Crippen LogP contribution < -0.4 is 10.9 Å². The number of likely N-dealkylation sites (tertiary alicyclic amines) is 1. The van der Waals surface area contributed by atoms with Crippen LogP contribution in [0.1, 0.15) is 18.7 Å². The average molecular weight is 437 g/mol. The zero-order valence-electron chi connectivity index (χ0n) is 17.5. The number of fused-ring (bicyclic) bond motifs is 1. The lowest BCUT2D eigenvalue weighted by Crippen LogP contribution is -2.43. The standard InChI is InChI=1S/C23H24FN5O3/c24-16-12-19-18(26-13-16)3-4-23(30)29(19)10-9-28-7-5-17(6-8-28)25-15-22-27-14-21(32-22)20-2-1-11-31-20/h1-4,11-14,17,25H,5-10,15H2. The van der Waals surface area contributed by atoms with E-state index in [0.29, 0.717) is 47.6 Å². The highest BCUT2D eigenvalue weighted by Crippen LogP contribution is 2.21. The summed E-state index contributed by atoms with van der Waals surface area (Å²) in [5, 5.41) is 3.51. The Morgan fingerprint density at radius 1 is 1.09 bits per heavy atom. The van der Waals surface area contributed by atoms with E-state index in [-0.39, 0.29) is 5.56 Å². The molecular weight excluding hydrogens is 413 g/mol. The van der Waals surface area contributed by atoms with Crippen molar-refractivity contribution in [1.29, 1.82) is 0 Å². The van der Waals surface area contributed by atoms with Crippen molar-refractivity contribution in [3.8, 4) is 11.5 Å². The fourth-order valence-electron chi connectivity index (χ4n) is 4.13. The molecule has 0 bridgehead atoms. The van der Waals surface area contributed by atoms with Crippen LogP contribution in [0.4, 0.5) is 4.39 Å². The van der Waals surface area contributed by atoms with Gasteiger partial charge in [-0.05, 0) is 44.1 Å². The van der Waals surface area contributed by atoms with E-state index in [4.69, 9.17) is 8.83 Å². The van der Waals surface area contributed by atoms with Gasteiger partial charge in [0.05, 0.1) is 36.2 Å². The molecule has 0 aromatic carbocycles. The van der Waals surface area contributed by atoms with Crippen LogP contribution in [0.2, 0.25) is 0 Å². The number of hydrogen-bond donors (Lipinski definition) is 1. The fourth-order valence-corrected chi connectivity index (χ4v) is 4.13. The van der Waals surface area contributed by atoms with Crippen LogP contribution in [0, 0.1) is 5.82 Å². The minimum atomic E-state index is -0.439. The molecule has 9 heteroatoms. The van der Waals surface area contributed by atoms with Gasteiger partial charge in [-0.1, -0.05) is 0 Å². The zero-order valence-corrected chi connectivity index (χ0v) is 17.5. The molecule has 0 radical (unpaired) electrons. The van der Waals surface area contributed by atoms with Crippen LogP contribution in [-0.4, -0.2) is 45.1 Å². The van der Waals surface area contributed by atoms with Crippen molar-refractivity contribution in [3.05, 3.63) is 71.1 Å². The maximum Gasteiger partial charge on any atom is 0.251 e. The quantitative estimate of drug-likeness (QED) is 0.475. The lowest BCUT2D eigenvalue weighted by molar-refractivity contribution is 0.189. The molecule has 1 fully saturated rings. The van der Waals surface area contributed by atoms with E-state index >= 15 is 0 Å². The van der Waals surface area contributed by atoms with Crippen molar-refractivity contribution < 1.29 is 13.2 Å². The van der Waals surface area contributed by atoms with Gasteiger partial charge in [-0.15, -0.1) is 0 Å². The summed E-state index contributed by atoms with van der Waals surface area (Å²) in [6.07, 6.45) is 6.44. The Balaban J connectivity index is 1.12. The van der Waals surface area contributed by atoms with Gasteiger partial charge < -0.3 is 23.6 Å². The van der Waals surface area contributed by atoms with E-state index < -0.39 is 5.82 Å². The Morgan fingerprint density at radius 3 is 2.78 bits per heavy atom. The molecule has 1 aliphatic heterocycles. The molecule has 0 atom stereocenters. The number of hydrogen-bond acceptors (Lipinski definition) is 7. The van der Waals surface area contributed by atoms with Gasteiger partial charge in [0.1, 0.15) is 5.82 Å². The lowest BCUT2D eigenvalue weighted by Gasteiger charge is -2.32. The van der Waals surface area contributed by atoms with Gasteiger partial charge in [0.15, 0.2) is 11.5 Å². The molecule has 1 N–H and O–H groups in total. The van der Waals surface area contributed by atoms with Gasteiger partial charge in [0, 0.05) is 31.3 Å². The summed E-state index contributed by atoms with van der Waals surface area (Å²) in [4.78, 5) is 23.0. The second-order valence-corrected chi connectivity index (χ2v) is 7.97. The van der Waals surface area contributed by atoms with Crippen molar-refractivity contribution in [1.82, 2.24) is 24.8 Å². The van der Waals surface area contributed by atoms with Crippen molar-refractivity contribution in [2.24, 2.45) is 0 Å². The second-order valence-electron chi connectivity index (χ2n) is 7.97. The van der Waals surface area contributed by atoms with Gasteiger partial charge >= 0.3 is 0 Å². The minimum Gasteiger partial charge on any atom is -0.461 e. The van der Waals surface area contributed by atoms with Crippen LogP contribution >= 0.6 is 0 Å². The summed E-state index contributed by atoms with van der Waals surface area (Å²) in [6.45, 7) is 3.65. The van der Waals surface area contributed by atoms with Crippen molar-refractivity contribution in [2.75, 3.05) is 19.6 Å². The number of nitrogens with zero attached hydrogens (tertiary/aromatic N) is 4. The molecular formula is C23H24FN5O3. The normalized spacial score (nSPS) is 15.5. The largest absolute Gasteiger partial charge is 0.461 e. The predicted molar refractivity (Wildman–Crippen MR) is 116 cm³/mol. The Morgan fingerprint density at radius 2 is 1.97 bits per heavy atom. The summed E-state index contributed by atoms with van der Waals surface area (Å²) < 4.78 is 26.3. The third-order valence-corrected chi connectivity index (χ3v) is 5.89. The number of aromatic nitrogens is 3. The first-order valence-corrected chi connectivity index (χ1v) is 10.7. The van der Waals surface area contributed by atoms with Crippen LogP contribution in [0.25, 0.3) is 22.6 Å². The van der Waals surface area contributed by atoms with E-state index in [1.165, 1.54) is 18.3 Å². The molecule has 32 heavy (non-hydrogen) atoms. The summed E-state index contributed by atoms with van der Waals surface area (Å²) in [6, 6.07) is 8.53. The summed E-state index contributed by atoms with van der Waals surface area (Å²) >= 11 is 0. The van der Waals surface area contributed by atoms with E-state index in [2.05, 4.69) is 20.2 Å². The zero-order chi connectivity index (χ0) is 21.9. The predicted octanol–water partition coefficient (Wildman–Crippen LogP) is 3.04. The van der Waals surface area contributed by atoms with Gasteiger partial charge in [-0.2, -0.15) is 0 Å².